The van der Waals surface area contributed by atoms with Gasteiger partial charge in [-0.25, -0.2) is 9.97 Å². The van der Waals surface area contributed by atoms with Crippen LogP contribution in [-0.4, -0.2) is 34.9 Å². The standard InChI is InChI=1S/C23H24N4O3/c1-3-28-18-11-10-16(14-19(18)29-4-2)12-13-24-23-22-21(25-15-26-23)20(27-30-22)17-8-6-5-7-9-17/h5-11,14-15H,3-4,12-13H2,1-2H3,(H,24,25,26). The summed E-state index contributed by atoms with van der Waals surface area (Å²) in [5.74, 6) is 2.17. The lowest BCUT2D eigenvalue weighted by atomic mass is 10.1. The molecule has 7 nitrogen and oxygen atoms in total. The van der Waals surface area contributed by atoms with Crippen LogP contribution in [0.5, 0.6) is 11.5 Å². The highest BCUT2D eigenvalue weighted by Gasteiger charge is 2.15. The average molecular weight is 404 g/mol. The largest absolute Gasteiger partial charge is 0.490 e. The fourth-order valence-electron chi connectivity index (χ4n) is 3.25. The Morgan fingerprint density at radius 3 is 2.53 bits per heavy atom. The van der Waals surface area contributed by atoms with Crippen LogP contribution >= 0.6 is 0 Å². The van der Waals surface area contributed by atoms with Gasteiger partial charge in [-0.1, -0.05) is 41.6 Å². The summed E-state index contributed by atoms with van der Waals surface area (Å²) in [6.45, 7) is 5.80. The minimum Gasteiger partial charge on any atom is -0.490 e. The summed E-state index contributed by atoms with van der Waals surface area (Å²) in [7, 11) is 0. The van der Waals surface area contributed by atoms with Crippen LogP contribution < -0.4 is 14.8 Å². The zero-order chi connectivity index (χ0) is 20.8. The van der Waals surface area contributed by atoms with E-state index in [9.17, 15) is 0 Å². The normalized spacial score (nSPS) is 10.9. The van der Waals surface area contributed by atoms with Crippen molar-refractivity contribution >= 4 is 16.9 Å². The molecule has 4 rings (SSSR count). The van der Waals surface area contributed by atoms with E-state index in [1.54, 1.807) is 0 Å². The highest BCUT2D eigenvalue weighted by Crippen LogP contribution is 2.30. The second kappa shape index (κ2) is 9.26. The summed E-state index contributed by atoms with van der Waals surface area (Å²) in [6.07, 6.45) is 2.32. The molecule has 0 amide bonds. The SMILES string of the molecule is CCOc1ccc(CCNc2ncnc3c(-c4ccccc4)noc23)cc1OCC. The molecule has 0 atom stereocenters. The molecule has 0 radical (unpaired) electrons. The van der Waals surface area contributed by atoms with Crippen LogP contribution in [-0.2, 0) is 6.42 Å². The van der Waals surface area contributed by atoms with Crippen molar-refractivity contribution in [2.75, 3.05) is 25.1 Å². The summed E-state index contributed by atoms with van der Waals surface area (Å²) in [4.78, 5) is 8.70. The molecule has 0 aliphatic rings. The Balaban J connectivity index is 1.48. The van der Waals surface area contributed by atoms with Gasteiger partial charge in [0.05, 0.1) is 13.2 Å². The van der Waals surface area contributed by atoms with Crippen molar-refractivity contribution < 1.29 is 14.0 Å². The Bertz CT molecular complexity index is 1110. The van der Waals surface area contributed by atoms with Crippen LogP contribution in [0, 0.1) is 0 Å². The van der Waals surface area contributed by atoms with Crippen molar-refractivity contribution in [3.63, 3.8) is 0 Å². The summed E-state index contributed by atoms with van der Waals surface area (Å²) in [6, 6.07) is 15.9. The van der Waals surface area contributed by atoms with Gasteiger partial charge >= 0.3 is 0 Å². The first-order valence-electron chi connectivity index (χ1n) is 10.1. The first kappa shape index (κ1) is 19.7. The number of nitrogens with one attached hydrogen (secondary N) is 1. The zero-order valence-corrected chi connectivity index (χ0v) is 17.1. The van der Waals surface area contributed by atoms with E-state index in [0.29, 0.717) is 42.4 Å². The van der Waals surface area contributed by atoms with Crippen LogP contribution in [0.3, 0.4) is 0 Å². The molecule has 0 aliphatic carbocycles. The van der Waals surface area contributed by atoms with Gasteiger partial charge in [0.1, 0.15) is 17.5 Å². The smallest absolute Gasteiger partial charge is 0.228 e. The average Bonchev–Trinajstić information content (AvgIpc) is 3.21. The first-order chi connectivity index (χ1) is 14.8. The molecule has 0 unspecified atom stereocenters. The maximum atomic E-state index is 5.71. The predicted octanol–water partition coefficient (Wildman–Crippen LogP) is 4.74. The van der Waals surface area contributed by atoms with Gasteiger partial charge in [-0.15, -0.1) is 0 Å². The van der Waals surface area contributed by atoms with E-state index >= 15 is 0 Å². The van der Waals surface area contributed by atoms with Crippen LogP contribution in [0.4, 0.5) is 5.82 Å². The van der Waals surface area contributed by atoms with Crippen molar-refractivity contribution in [1.82, 2.24) is 15.1 Å². The van der Waals surface area contributed by atoms with Gasteiger partial charge in [0.2, 0.25) is 5.58 Å². The molecule has 2 heterocycles. The third-order valence-electron chi connectivity index (χ3n) is 4.62. The van der Waals surface area contributed by atoms with E-state index < -0.39 is 0 Å². The molecule has 1 N–H and O–H groups in total. The topological polar surface area (TPSA) is 82.3 Å². The Hall–Kier alpha value is -3.61. The van der Waals surface area contributed by atoms with Gasteiger partial charge < -0.3 is 19.3 Å². The molecule has 154 valence electrons. The van der Waals surface area contributed by atoms with E-state index in [0.717, 1.165) is 29.0 Å². The van der Waals surface area contributed by atoms with Gasteiger partial charge in [0.15, 0.2) is 17.3 Å². The maximum absolute atomic E-state index is 5.71. The number of fused-ring (bicyclic) bond motifs is 1. The van der Waals surface area contributed by atoms with Crippen LogP contribution in [0.25, 0.3) is 22.4 Å². The molecule has 0 fully saturated rings. The fourth-order valence-corrected chi connectivity index (χ4v) is 3.25. The van der Waals surface area contributed by atoms with Crippen molar-refractivity contribution in [3.8, 4) is 22.8 Å². The third-order valence-corrected chi connectivity index (χ3v) is 4.62. The van der Waals surface area contributed by atoms with E-state index in [1.165, 1.54) is 6.33 Å². The second-order valence-electron chi connectivity index (χ2n) is 6.62. The molecule has 2 aromatic carbocycles. The van der Waals surface area contributed by atoms with Gasteiger partial charge in [-0.3, -0.25) is 0 Å². The molecule has 0 saturated heterocycles. The minimum atomic E-state index is 0.554. The number of rotatable bonds is 9. The number of hydrogen-bond donors (Lipinski definition) is 1. The Morgan fingerprint density at radius 2 is 1.73 bits per heavy atom. The number of aromatic nitrogens is 3. The third kappa shape index (κ3) is 4.20. The molecule has 0 aliphatic heterocycles. The maximum Gasteiger partial charge on any atom is 0.228 e. The molecule has 2 aromatic heterocycles. The number of hydrogen-bond acceptors (Lipinski definition) is 7. The van der Waals surface area contributed by atoms with Crippen molar-refractivity contribution in [2.45, 2.75) is 20.3 Å². The Morgan fingerprint density at radius 1 is 0.933 bits per heavy atom. The number of nitrogens with zero attached hydrogens (tertiary/aromatic N) is 3. The van der Waals surface area contributed by atoms with E-state index in [2.05, 4.69) is 20.4 Å². The van der Waals surface area contributed by atoms with E-state index in [1.807, 2.05) is 62.4 Å². The fraction of sp³-hybridized carbons (Fsp3) is 0.261. The molecule has 7 heteroatoms. The second-order valence-corrected chi connectivity index (χ2v) is 6.62. The quantitative estimate of drug-likeness (QED) is 0.431. The highest BCUT2D eigenvalue weighted by molar-refractivity contribution is 5.93. The molecule has 30 heavy (non-hydrogen) atoms. The van der Waals surface area contributed by atoms with Crippen LogP contribution in [0.15, 0.2) is 59.4 Å². The highest BCUT2D eigenvalue weighted by atomic mass is 16.5. The van der Waals surface area contributed by atoms with Gasteiger partial charge in [0, 0.05) is 12.1 Å². The number of anilines is 1. The number of benzene rings is 2. The summed E-state index contributed by atoms with van der Waals surface area (Å²) >= 11 is 0. The first-order valence-corrected chi connectivity index (χ1v) is 10.1. The van der Waals surface area contributed by atoms with Crippen LogP contribution in [0.1, 0.15) is 19.4 Å². The van der Waals surface area contributed by atoms with Crippen molar-refractivity contribution in [2.24, 2.45) is 0 Å². The molecular weight excluding hydrogens is 380 g/mol. The zero-order valence-electron chi connectivity index (χ0n) is 17.1. The Labute approximate surface area is 175 Å². The molecule has 0 spiro atoms. The van der Waals surface area contributed by atoms with Crippen LogP contribution in [0.2, 0.25) is 0 Å². The van der Waals surface area contributed by atoms with Crippen molar-refractivity contribution in [3.05, 3.63) is 60.4 Å². The lowest BCUT2D eigenvalue weighted by Crippen LogP contribution is -2.07. The van der Waals surface area contributed by atoms with Gasteiger partial charge in [-0.05, 0) is 38.0 Å². The van der Waals surface area contributed by atoms with Gasteiger partial charge in [-0.2, -0.15) is 0 Å². The number of ether oxygens (including phenoxy) is 2. The molecule has 0 saturated carbocycles. The predicted molar refractivity (Wildman–Crippen MR) is 116 cm³/mol. The van der Waals surface area contributed by atoms with Crippen molar-refractivity contribution in [1.29, 1.82) is 0 Å². The summed E-state index contributed by atoms with van der Waals surface area (Å²) in [5, 5.41) is 7.54. The minimum absolute atomic E-state index is 0.554. The summed E-state index contributed by atoms with van der Waals surface area (Å²) < 4.78 is 16.9. The Kier molecular flexibility index (Phi) is 6.08. The molecular formula is C23H24N4O3. The van der Waals surface area contributed by atoms with E-state index in [-0.39, 0.29) is 0 Å². The summed E-state index contributed by atoms with van der Waals surface area (Å²) in [5.41, 5.74) is 4.06. The van der Waals surface area contributed by atoms with Gasteiger partial charge in [0.25, 0.3) is 0 Å². The molecule has 4 aromatic rings. The monoisotopic (exact) mass is 404 g/mol. The van der Waals surface area contributed by atoms with E-state index in [4.69, 9.17) is 14.0 Å². The molecule has 0 bridgehead atoms. The lowest BCUT2D eigenvalue weighted by Gasteiger charge is -2.12. The lowest BCUT2D eigenvalue weighted by molar-refractivity contribution is 0.287.